The van der Waals surface area contributed by atoms with E-state index in [1.54, 1.807) is 0 Å². The molecule has 0 saturated carbocycles. The molecule has 3 rings (SSSR count). The highest BCUT2D eigenvalue weighted by molar-refractivity contribution is 7.86. The van der Waals surface area contributed by atoms with E-state index in [1.165, 1.54) is 21.5 Å². The molecule has 0 radical (unpaired) electrons. The highest BCUT2D eigenvalue weighted by atomic mass is 32.2. The van der Waals surface area contributed by atoms with Gasteiger partial charge in [0.1, 0.15) is 15.9 Å². The lowest BCUT2D eigenvalue weighted by molar-refractivity contribution is -0.273. The third-order valence-corrected chi connectivity index (χ3v) is 9.01. The molecule has 202 valence electrons. The molecule has 0 aliphatic carbocycles. The van der Waals surface area contributed by atoms with E-state index in [-0.39, 0.29) is 5.41 Å². The Kier molecular flexibility index (Phi) is 9.27. The largest absolute Gasteiger partial charge is 0.743 e. The molecule has 37 heavy (non-hydrogen) atoms. The Bertz CT molecular complexity index is 1220. The molecule has 3 aromatic rings. The SMILES string of the molecule is CC(C)(C)c1ccc([PH+](c2ccccc2)c2ccccc2)cc1.CC(F)(F)C(F)(F)C(F)(F)S(=O)(=O)[O-]. The molecular weight excluding hydrogens is 537 g/mol. The van der Waals surface area contributed by atoms with Gasteiger partial charge in [-0.05, 0) is 47.4 Å². The maximum atomic E-state index is 12.1. The van der Waals surface area contributed by atoms with Gasteiger partial charge in [-0.1, -0.05) is 69.3 Å². The van der Waals surface area contributed by atoms with Crippen molar-refractivity contribution in [2.45, 2.75) is 50.2 Å². The van der Waals surface area contributed by atoms with E-state index in [0.717, 1.165) is 0 Å². The maximum Gasteiger partial charge on any atom is 0.402 e. The van der Waals surface area contributed by atoms with Gasteiger partial charge in [0.2, 0.25) is 0 Å². The summed E-state index contributed by atoms with van der Waals surface area (Å²) in [4.78, 5) is 0. The Morgan fingerprint density at radius 3 is 1.24 bits per heavy atom. The van der Waals surface area contributed by atoms with Crippen molar-refractivity contribution < 1.29 is 39.3 Å². The minimum Gasteiger partial charge on any atom is -0.743 e. The lowest BCUT2D eigenvalue weighted by Gasteiger charge is -2.31. The van der Waals surface area contributed by atoms with Crippen LogP contribution in [-0.4, -0.2) is 30.1 Å². The van der Waals surface area contributed by atoms with Crippen molar-refractivity contribution in [3.05, 3.63) is 90.5 Å². The fourth-order valence-corrected chi connectivity index (χ4v) is 6.30. The first-order valence-electron chi connectivity index (χ1n) is 11.0. The Morgan fingerprint density at radius 1 is 0.622 bits per heavy atom. The van der Waals surface area contributed by atoms with Crippen molar-refractivity contribution in [3.63, 3.8) is 0 Å². The number of rotatable bonds is 6. The lowest BCUT2D eigenvalue weighted by atomic mass is 9.87. The number of benzene rings is 3. The Balaban J connectivity index is 0.000000298. The monoisotopic (exact) mass is 564 g/mol. The smallest absolute Gasteiger partial charge is 0.402 e. The second-order valence-corrected chi connectivity index (χ2v) is 13.3. The standard InChI is InChI=1S/C22H23P.C4H4F6O3S/c1-22(2,3)18-14-16-21(17-15-18)23(19-10-6-4-7-11-19)20-12-8-5-9-13-20;1-2(5,6)3(7,8)4(9,10)14(11,12)13/h4-17H,1-3H3;1H3,(H,11,12,13). The van der Waals surface area contributed by atoms with Crippen LogP contribution in [0, 0.1) is 0 Å². The number of halogens is 6. The van der Waals surface area contributed by atoms with Crippen molar-refractivity contribution >= 4 is 34.0 Å². The first-order valence-corrected chi connectivity index (χ1v) is 13.9. The van der Waals surface area contributed by atoms with Gasteiger partial charge in [0.15, 0.2) is 10.1 Å². The van der Waals surface area contributed by atoms with Crippen molar-refractivity contribution in [2.24, 2.45) is 0 Å². The zero-order chi connectivity index (χ0) is 28.3. The highest BCUT2D eigenvalue weighted by Crippen LogP contribution is 2.47. The van der Waals surface area contributed by atoms with Gasteiger partial charge in [-0.2, -0.15) is 26.3 Å². The van der Waals surface area contributed by atoms with Gasteiger partial charge >= 0.3 is 17.1 Å². The molecule has 3 nitrogen and oxygen atoms in total. The van der Waals surface area contributed by atoms with E-state index in [2.05, 4.69) is 106 Å². The van der Waals surface area contributed by atoms with E-state index in [4.69, 9.17) is 0 Å². The number of hydrogen-bond acceptors (Lipinski definition) is 3. The van der Waals surface area contributed by atoms with Crippen LogP contribution < -0.4 is 15.9 Å². The van der Waals surface area contributed by atoms with Gasteiger partial charge in [0, 0.05) is 6.92 Å². The lowest BCUT2D eigenvalue weighted by Crippen LogP contribution is -2.56. The van der Waals surface area contributed by atoms with E-state index in [9.17, 15) is 39.3 Å². The fraction of sp³-hybridized carbons (Fsp3) is 0.308. The quantitative estimate of drug-likeness (QED) is 0.213. The zero-order valence-electron chi connectivity index (χ0n) is 20.5. The van der Waals surface area contributed by atoms with Crippen LogP contribution in [0.2, 0.25) is 0 Å². The van der Waals surface area contributed by atoms with Crippen LogP contribution >= 0.6 is 7.92 Å². The van der Waals surface area contributed by atoms with Gasteiger partial charge in [-0.25, -0.2) is 8.42 Å². The molecule has 0 bridgehead atoms. The van der Waals surface area contributed by atoms with Gasteiger partial charge in [0.05, 0.1) is 7.92 Å². The van der Waals surface area contributed by atoms with Gasteiger partial charge in [-0.3, -0.25) is 0 Å². The molecule has 0 saturated heterocycles. The summed E-state index contributed by atoms with van der Waals surface area (Å²) in [6.45, 7) is 6.18. The minimum atomic E-state index is -6.86. The molecule has 0 spiro atoms. The third-order valence-electron chi connectivity index (χ3n) is 5.40. The van der Waals surface area contributed by atoms with Crippen LogP contribution in [0.3, 0.4) is 0 Å². The van der Waals surface area contributed by atoms with Gasteiger partial charge in [0.25, 0.3) is 0 Å². The van der Waals surface area contributed by atoms with Crippen LogP contribution in [0.25, 0.3) is 0 Å². The Hall–Kier alpha value is -2.42. The second-order valence-electron chi connectivity index (χ2n) is 9.37. The predicted octanol–water partition coefficient (Wildman–Crippen LogP) is 5.89. The van der Waals surface area contributed by atoms with Crippen LogP contribution in [-0.2, 0) is 15.5 Å². The predicted molar refractivity (Wildman–Crippen MR) is 135 cm³/mol. The molecule has 0 atom stereocenters. The maximum absolute atomic E-state index is 12.1. The third kappa shape index (κ3) is 7.12. The number of alkyl halides is 6. The molecule has 0 aliphatic heterocycles. The zero-order valence-corrected chi connectivity index (χ0v) is 22.3. The average molecular weight is 565 g/mol. The molecular formula is C26H27F6O3PS. The molecule has 11 heteroatoms. The summed E-state index contributed by atoms with van der Waals surface area (Å²) in [6, 6.07) is 31.1. The summed E-state index contributed by atoms with van der Waals surface area (Å²) < 4.78 is 101. The highest BCUT2D eigenvalue weighted by Gasteiger charge is 2.72. The van der Waals surface area contributed by atoms with Crippen LogP contribution in [0.4, 0.5) is 26.3 Å². The molecule has 0 aromatic heterocycles. The summed E-state index contributed by atoms with van der Waals surface area (Å²) in [5, 5.41) is -2.03. The van der Waals surface area contributed by atoms with Crippen LogP contribution in [0.1, 0.15) is 33.3 Å². The Labute approximate surface area is 214 Å². The van der Waals surface area contributed by atoms with Gasteiger partial charge < -0.3 is 4.55 Å². The minimum absolute atomic E-state index is 0.199. The molecule has 0 aliphatic rings. The first kappa shape index (κ1) is 30.8. The molecule has 0 N–H and O–H groups in total. The summed E-state index contributed by atoms with van der Waals surface area (Å²) in [6.07, 6.45) is 0. The summed E-state index contributed by atoms with van der Waals surface area (Å²) in [7, 11) is -7.80. The molecule has 0 heterocycles. The summed E-state index contributed by atoms with van der Waals surface area (Å²) in [5.41, 5.74) is 1.59. The van der Waals surface area contributed by atoms with Crippen molar-refractivity contribution in [1.82, 2.24) is 0 Å². The van der Waals surface area contributed by atoms with Crippen molar-refractivity contribution in [1.29, 1.82) is 0 Å². The van der Waals surface area contributed by atoms with E-state index < -0.39 is 42.1 Å². The van der Waals surface area contributed by atoms with Crippen LogP contribution in [0.5, 0.6) is 0 Å². The van der Waals surface area contributed by atoms with E-state index in [0.29, 0.717) is 0 Å². The topological polar surface area (TPSA) is 57.2 Å². The second kappa shape index (κ2) is 11.1. The van der Waals surface area contributed by atoms with E-state index >= 15 is 0 Å². The Morgan fingerprint density at radius 2 is 0.973 bits per heavy atom. The molecule has 0 unspecified atom stereocenters. The normalized spacial score (nSPS) is 13.2. The molecule has 0 fully saturated rings. The van der Waals surface area contributed by atoms with E-state index in [1.807, 2.05) is 0 Å². The number of hydrogen-bond donors (Lipinski definition) is 0. The van der Waals surface area contributed by atoms with Crippen molar-refractivity contribution in [2.75, 3.05) is 0 Å². The first-order chi connectivity index (χ1) is 16.8. The van der Waals surface area contributed by atoms with Crippen LogP contribution in [0.15, 0.2) is 84.9 Å². The molecule has 3 aromatic carbocycles. The average Bonchev–Trinajstić information content (AvgIpc) is 2.79. The fourth-order valence-electron chi connectivity index (χ4n) is 3.26. The summed E-state index contributed by atoms with van der Waals surface area (Å²) >= 11 is 0. The van der Waals surface area contributed by atoms with Crippen molar-refractivity contribution in [3.8, 4) is 0 Å². The van der Waals surface area contributed by atoms with Gasteiger partial charge in [-0.15, -0.1) is 0 Å². The summed E-state index contributed by atoms with van der Waals surface area (Å²) in [5.74, 6) is -11.6. The molecule has 0 amide bonds.